The molecule has 0 radical (unpaired) electrons. The lowest BCUT2D eigenvalue weighted by molar-refractivity contribution is -0.117. The van der Waals surface area contributed by atoms with Crippen LogP contribution in [0.5, 0.6) is 0 Å². The van der Waals surface area contributed by atoms with Gasteiger partial charge in [0.05, 0.1) is 5.56 Å². The van der Waals surface area contributed by atoms with Gasteiger partial charge < -0.3 is 21.5 Å². The maximum atomic E-state index is 12.0. The lowest BCUT2D eigenvalue weighted by Gasteiger charge is -2.12. The quantitative estimate of drug-likeness (QED) is 0.670. The number of aryl methyl sites for hydroxylation is 1. The number of hydrogen-bond donors (Lipinski definition) is 4. The van der Waals surface area contributed by atoms with Crippen LogP contribution in [0.4, 0.5) is 9.80 Å². The van der Waals surface area contributed by atoms with Crippen molar-refractivity contribution in [1.29, 1.82) is 0 Å². The van der Waals surface area contributed by atoms with Crippen LogP contribution in [0.1, 0.15) is 40.6 Å². The van der Waals surface area contributed by atoms with Crippen molar-refractivity contribution >= 4 is 34.2 Å². The highest BCUT2D eigenvalue weighted by atomic mass is 32.1. The van der Waals surface area contributed by atoms with Gasteiger partial charge in [-0.3, -0.25) is 4.79 Å². The third-order valence-corrected chi connectivity index (χ3v) is 4.58. The molecule has 0 aromatic carbocycles. The molecule has 1 unspecified atom stereocenters. The lowest BCUT2D eigenvalue weighted by atomic mass is 9.95. The smallest absolute Gasteiger partial charge is 0.339 e. The second-order valence-electron chi connectivity index (χ2n) is 4.94. The van der Waals surface area contributed by atoms with Crippen LogP contribution in [0.3, 0.4) is 0 Å². The molecule has 0 bridgehead atoms. The van der Waals surface area contributed by atoms with Crippen molar-refractivity contribution in [1.82, 2.24) is 5.32 Å². The maximum Gasteiger partial charge on any atom is 0.339 e. The highest BCUT2D eigenvalue weighted by molar-refractivity contribution is 7.17. The summed E-state index contributed by atoms with van der Waals surface area (Å²) in [7, 11) is 0. The topological polar surface area (TPSA) is 122 Å². The van der Waals surface area contributed by atoms with Gasteiger partial charge in [-0.25, -0.2) is 9.59 Å². The van der Waals surface area contributed by atoms with Crippen LogP contribution < -0.4 is 16.4 Å². The second-order valence-corrected chi connectivity index (χ2v) is 6.04. The lowest BCUT2D eigenvalue weighted by Crippen LogP contribution is -2.44. The molecule has 7 nitrogen and oxygen atoms in total. The predicted octanol–water partition coefficient (Wildman–Crippen LogP) is 1.32. The Morgan fingerprint density at radius 2 is 1.95 bits per heavy atom. The SMILES string of the molecule is CC(NC(N)=O)C(=O)Nc1sc2c(c1C(=O)O)CCCC2. The van der Waals surface area contributed by atoms with Crippen LogP contribution in [0.2, 0.25) is 0 Å². The number of carbonyl (C=O) groups is 3. The molecule has 0 fully saturated rings. The van der Waals surface area contributed by atoms with Crippen LogP contribution in [0.25, 0.3) is 0 Å². The third kappa shape index (κ3) is 3.33. The summed E-state index contributed by atoms with van der Waals surface area (Å²) >= 11 is 1.30. The summed E-state index contributed by atoms with van der Waals surface area (Å²) in [5.74, 6) is -1.53. The molecular formula is C13H17N3O4S. The average molecular weight is 311 g/mol. The molecule has 5 N–H and O–H groups in total. The Labute approximate surface area is 125 Å². The molecule has 21 heavy (non-hydrogen) atoms. The van der Waals surface area contributed by atoms with Gasteiger partial charge in [0.15, 0.2) is 0 Å². The van der Waals surface area contributed by atoms with Gasteiger partial charge in [0.1, 0.15) is 11.0 Å². The van der Waals surface area contributed by atoms with Crippen molar-refractivity contribution in [2.75, 3.05) is 5.32 Å². The van der Waals surface area contributed by atoms with Crippen LogP contribution in [-0.4, -0.2) is 29.1 Å². The van der Waals surface area contributed by atoms with Gasteiger partial charge in [-0.05, 0) is 38.2 Å². The van der Waals surface area contributed by atoms with E-state index in [9.17, 15) is 19.5 Å². The van der Waals surface area contributed by atoms with Gasteiger partial charge in [0.2, 0.25) is 5.91 Å². The Kier molecular flexibility index (Phi) is 4.46. The summed E-state index contributed by atoms with van der Waals surface area (Å²) in [6.45, 7) is 1.48. The summed E-state index contributed by atoms with van der Waals surface area (Å²) in [5, 5.41) is 14.5. The number of primary amides is 1. The number of anilines is 1. The Morgan fingerprint density at radius 1 is 1.29 bits per heavy atom. The highest BCUT2D eigenvalue weighted by Gasteiger charge is 2.27. The minimum atomic E-state index is -1.04. The van der Waals surface area contributed by atoms with Gasteiger partial charge in [-0.1, -0.05) is 0 Å². The van der Waals surface area contributed by atoms with Crippen molar-refractivity contribution in [2.24, 2.45) is 5.73 Å². The van der Waals surface area contributed by atoms with E-state index >= 15 is 0 Å². The van der Waals surface area contributed by atoms with E-state index in [-0.39, 0.29) is 5.56 Å². The molecule has 1 aliphatic rings. The fraction of sp³-hybridized carbons (Fsp3) is 0.462. The highest BCUT2D eigenvalue weighted by Crippen LogP contribution is 2.38. The third-order valence-electron chi connectivity index (χ3n) is 3.37. The standard InChI is InChI=1S/C13H17N3O4S/c1-6(15-13(14)20)10(17)16-11-9(12(18)19)7-4-2-3-5-8(7)21-11/h6H,2-5H2,1H3,(H,16,17)(H,18,19)(H3,14,15,20). The summed E-state index contributed by atoms with van der Waals surface area (Å²) in [6, 6.07) is -1.63. The van der Waals surface area contributed by atoms with Crippen LogP contribution in [0.15, 0.2) is 0 Å². The molecule has 1 aromatic rings. The maximum absolute atomic E-state index is 12.0. The molecular weight excluding hydrogens is 294 g/mol. The number of rotatable bonds is 4. The normalized spacial score (nSPS) is 14.9. The largest absolute Gasteiger partial charge is 0.478 e. The van der Waals surface area contributed by atoms with E-state index in [2.05, 4.69) is 10.6 Å². The van der Waals surface area contributed by atoms with Gasteiger partial charge in [0, 0.05) is 4.88 Å². The zero-order valence-corrected chi connectivity index (χ0v) is 12.4. The number of aromatic carboxylic acids is 1. The molecule has 0 spiro atoms. The number of urea groups is 1. The van der Waals surface area contributed by atoms with Gasteiger partial charge in [-0.2, -0.15) is 0 Å². The molecule has 1 aromatic heterocycles. The van der Waals surface area contributed by atoms with E-state index in [0.29, 0.717) is 5.00 Å². The minimum Gasteiger partial charge on any atom is -0.478 e. The summed E-state index contributed by atoms with van der Waals surface area (Å²) < 4.78 is 0. The number of carbonyl (C=O) groups excluding carboxylic acids is 2. The number of hydrogen-bond acceptors (Lipinski definition) is 4. The van der Waals surface area contributed by atoms with Crippen molar-refractivity contribution in [2.45, 2.75) is 38.6 Å². The number of carboxylic acid groups (broad SMARTS) is 1. The molecule has 0 saturated carbocycles. The zero-order valence-electron chi connectivity index (χ0n) is 11.6. The molecule has 2 rings (SSSR count). The fourth-order valence-electron chi connectivity index (χ4n) is 2.38. The number of nitrogens with one attached hydrogen (secondary N) is 2. The van der Waals surface area contributed by atoms with Crippen LogP contribution in [0, 0.1) is 0 Å². The minimum absolute atomic E-state index is 0.175. The number of amides is 3. The number of carboxylic acids is 1. The van der Waals surface area contributed by atoms with E-state index in [1.807, 2.05) is 0 Å². The van der Waals surface area contributed by atoms with Crippen molar-refractivity contribution in [3.8, 4) is 0 Å². The molecule has 1 heterocycles. The first-order chi connectivity index (χ1) is 9.90. The van der Waals surface area contributed by atoms with Gasteiger partial charge >= 0.3 is 12.0 Å². The van der Waals surface area contributed by atoms with Gasteiger partial charge in [0.25, 0.3) is 0 Å². The first kappa shape index (κ1) is 15.3. The monoisotopic (exact) mass is 311 g/mol. The number of thiophene rings is 1. The van der Waals surface area contributed by atoms with E-state index in [4.69, 9.17) is 5.73 Å². The number of nitrogens with two attached hydrogens (primary N) is 1. The molecule has 0 aliphatic heterocycles. The first-order valence-corrected chi connectivity index (χ1v) is 7.46. The Balaban J connectivity index is 2.23. The van der Waals surface area contributed by atoms with Gasteiger partial charge in [-0.15, -0.1) is 11.3 Å². The summed E-state index contributed by atoms with van der Waals surface area (Å²) in [6.07, 6.45) is 3.54. The second kappa shape index (κ2) is 6.13. The van der Waals surface area contributed by atoms with Crippen molar-refractivity contribution < 1.29 is 19.5 Å². The predicted molar refractivity (Wildman–Crippen MR) is 78.7 cm³/mol. The van der Waals surface area contributed by atoms with Crippen LogP contribution >= 0.6 is 11.3 Å². The summed E-state index contributed by atoms with van der Waals surface area (Å²) in [5.41, 5.74) is 5.96. The Morgan fingerprint density at radius 3 is 2.57 bits per heavy atom. The average Bonchev–Trinajstić information content (AvgIpc) is 2.75. The summed E-state index contributed by atoms with van der Waals surface area (Å²) in [4.78, 5) is 35.2. The molecule has 114 valence electrons. The molecule has 1 aliphatic carbocycles. The fourth-order valence-corrected chi connectivity index (χ4v) is 3.66. The van der Waals surface area contributed by atoms with Crippen molar-refractivity contribution in [3.05, 3.63) is 16.0 Å². The zero-order chi connectivity index (χ0) is 15.6. The Bertz CT molecular complexity index is 596. The first-order valence-electron chi connectivity index (χ1n) is 6.64. The Hall–Kier alpha value is -2.09. The number of fused-ring (bicyclic) bond motifs is 1. The van der Waals surface area contributed by atoms with Crippen LogP contribution in [-0.2, 0) is 17.6 Å². The van der Waals surface area contributed by atoms with E-state index < -0.39 is 23.9 Å². The molecule has 0 saturated heterocycles. The molecule has 3 amide bonds. The molecule has 8 heteroatoms. The van der Waals surface area contributed by atoms with E-state index in [1.165, 1.54) is 18.3 Å². The molecule has 1 atom stereocenters. The van der Waals surface area contributed by atoms with E-state index in [0.717, 1.165) is 36.1 Å². The van der Waals surface area contributed by atoms with E-state index in [1.54, 1.807) is 0 Å². The van der Waals surface area contributed by atoms with Crippen molar-refractivity contribution in [3.63, 3.8) is 0 Å².